The Hall–Kier alpha value is -0.610. The van der Waals surface area contributed by atoms with Gasteiger partial charge in [0.2, 0.25) is 5.91 Å². The van der Waals surface area contributed by atoms with Crippen LogP contribution in [-0.4, -0.2) is 42.5 Å². The number of rotatable bonds is 6. The first-order chi connectivity index (χ1) is 8.65. The number of likely N-dealkylation sites (tertiary alicyclic amines) is 1. The topological polar surface area (TPSA) is 58.4 Å². The van der Waals surface area contributed by atoms with Gasteiger partial charge in [0.05, 0.1) is 0 Å². The van der Waals surface area contributed by atoms with Crippen molar-refractivity contribution in [1.29, 1.82) is 0 Å². The molecule has 0 aromatic carbocycles. The molecule has 2 unspecified atom stereocenters. The molecule has 0 bridgehead atoms. The summed E-state index contributed by atoms with van der Waals surface area (Å²) in [7, 11) is 0. The van der Waals surface area contributed by atoms with Gasteiger partial charge in [0.25, 0.3) is 0 Å². The number of carbonyl (C=O) groups is 1. The van der Waals surface area contributed by atoms with E-state index in [1.807, 2.05) is 0 Å². The molecular weight excluding hydrogens is 226 g/mol. The van der Waals surface area contributed by atoms with Crippen LogP contribution in [0.5, 0.6) is 0 Å². The summed E-state index contributed by atoms with van der Waals surface area (Å²) in [6.07, 6.45) is 6.86. The molecule has 2 aliphatic rings. The number of hydrogen-bond acceptors (Lipinski definition) is 3. The predicted octanol–water partition coefficient (Wildman–Crippen LogP) is 1.10. The van der Waals surface area contributed by atoms with Gasteiger partial charge < -0.3 is 16.0 Å². The monoisotopic (exact) mass is 253 g/mol. The van der Waals surface area contributed by atoms with Crippen LogP contribution in [0.25, 0.3) is 0 Å². The second-order valence-corrected chi connectivity index (χ2v) is 6.04. The number of carbonyl (C=O) groups excluding carboxylic acids is 1. The minimum atomic E-state index is 0.0761. The van der Waals surface area contributed by atoms with Crippen molar-refractivity contribution >= 4 is 5.91 Å². The zero-order chi connectivity index (χ0) is 13.0. The van der Waals surface area contributed by atoms with Crippen LogP contribution in [0, 0.1) is 5.92 Å². The van der Waals surface area contributed by atoms with Gasteiger partial charge in [-0.2, -0.15) is 0 Å². The fraction of sp³-hybridized carbons (Fsp3) is 0.929. The van der Waals surface area contributed by atoms with Crippen molar-refractivity contribution in [2.45, 2.75) is 57.5 Å². The van der Waals surface area contributed by atoms with Gasteiger partial charge in [0.15, 0.2) is 0 Å². The summed E-state index contributed by atoms with van der Waals surface area (Å²) in [6.45, 7) is 5.43. The Bertz CT molecular complexity index is 272. The van der Waals surface area contributed by atoms with Gasteiger partial charge in [-0.25, -0.2) is 0 Å². The summed E-state index contributed by atoms with van der Waals surface area (Å²) in [5.74, 6) is 0.729. The third-order valence-electron chi connectivity index (χ3n) is 4.04. The van der Waals surface area contributed by atoms with E-state index in [0.717, 1.165) is 6.54 Å². The molecule has 1 saturated heterocycles. The van der Waals surface area contributed by atoms with Crippen LogP contribution in [0.3, 0.4) is 0 Å². The van der Waals surface area contributed by atoms with Gasteiger partial charge in [-0.05, 0) is 51.6 Å². The van der Waals surface area contributed by atoms with Crippen molar-refractivity contribution < 1.29 is 4.79 Å². The second kappa shape index (κ2) is 6.53. The van der Waals surface area contributed by atoms with Crippen LogP contribution in [0.2, 0.25) is 0 Å². The molecule has 0 radical (unpaired) electrons. The third-order valence-corrected chi connectivity index (χ3v) is 4.04. The van der Waals surface area contributed by atoms with Gasteiger partial charge in [-0.1, -0.05) is 6.42 Å². The lowest BCUT2D eigenvalue weighted by molar-refractivity contribution is -0.122. The number of piperidine rings is 1. The molecule has 104 valence electrons. The number of amides is 1. The second-order valence-electron chi connectivity index (χ2n) is 6.04. The highest BCUT2D eigenvalue weighted by Crippen LogP contribution is 2.32. The first kappa shape index (κ1) is 13.8. The van der Waals surface area contributed by atoms with Crippen molar-refractivity contribution in [2.75, 3.05) is 19.6 Å². The van der Waals surface area contributed by atoms with Crippen LogP contribution >= 0.6 is 0 Å². The lowest BCUT2D eigenvalue weighted by Crippen LogP contribution is -2.45. The maximum atomic E-state index is 11.8. The number of nitrogens with two attached hydrogens (primary N) is 1. The molecule has 0 spiro atoms. The van der Waals surface area contributed by atoms with E-state index < -0.39 is 0 Å². The normalized spacial score (nSPS) is 24.6. The van der Waals surface area contributed by atoms with Gasteiger partial charge >= 0.3 is 0 Å². The van der Waals surface area contributed by atoms with E-state index in [-0.39, 0.29) is 18.0 Å². The third kappa shape index (κ3) is 4.58. The molecule has 1 heterocycles. The van der Waals surface area contributed by atoms with E-state index in [9.17, 15) is 4.79 Å². The highest BCUT2D eigenvalue weighted by molar-refractivity contribution is 5.76. The molecule has 4 heteroatoms. The highest BCUT2D eigenvalue weighted by Gasteiger charge is 2.30. The van der Waals surface area contributed by atoms with Crippen LogP contribution in [0.15, 0.2) is 0 Å². The first-order valence-corrected chi connectivity index (χ1v) is 7.42. The standard InChI is InChI=1S/C14H27N3O/c1-11(10-17-7-3-2-4-8-17)16-14(18)9-13(15)12-5-6-12/h11-13H,2-10,15H2,1H3,(H,16,18). The molecule has 4 nitrogen and oxygen atoms in total. The van der Waals surface area contributed by atoms with E-state index in [1.54, 1.807) is 0 Å². The molecule has 1 aliphatic heterocycles. The summed E-state index contributed by atoms with van der Waals surface area (Å²) >= 11 is 0. The van der Waals surface area contributed by atoms with E-state index in [4.69, 9.17) is 5.73 Å². The molecule has 1 amide bonds. The Kier molecular flexibility index (Phi) is 5.01. The fourth-order valence-corrected chi connectivity index (χ4v) is 2.81. The van der Waals surface area contributed by atoms with Crippen molar-refractivity contribution in [3.63, 3.8) is 0 Å². The minimum absolute atomic E-state index is 0.0761. The Balaban J connectivity index is 1.62. The Morgan fingerprint density at radius 1 is 1.33 bits per heavy atom. The lowest BCUT2D eigenvalue weighted by atomic mass is 10.1. The number of nitrogens with one attached hydrogen (secondary N) is 1. The maximum absolute atomic E-state index is 11.8. The van der Waals surface area contributed by atoms with E-state index in [0.29, 0.717) is 12.3 Å². The van der Waals surface area contributed by atoms with Gasteiger partial charge in [0, 0.05) is 25.0 Å². The summed E-state index contributed by atoms with van der Waals surface area (Å²) in [4.78, 5) is 14.3. The van der Waals surface area contributed by atoms with Crippen molar-refractivity contribution in [3.05, 3.63) is 0 Å². The van der Waals surface area contributed by atoms with E-state index in [2.05, 4.69) is 17.1 Å². The zero-order valence-electron chi connectivity index (χ0n) is 11.5. The highest BCUT2D eigenvalue weighted by atomic mass is 16.1. The summed E-state index contributed by atoms with van der Waals surface area (Å²) < 4.78 is 0. The molecule has 18 heavy (non-hydrogen) atoms. The molecule has 3 N–H and O–H groups in total. The minimum Gasteiger partial charge on any atom is -0.352 e. The van der Waals surface area contributed by atoms with Crippen LogP contribution < -0.4 is 11.1 Å². The van der Waals surface area contributed by atoms with E-state index in [1.165, 1.54) is 45.2 Å². The lowest BCUT2D eigenvalue weighted by Gasteiger charge is -2.29. The van der Waals surface area contributed by atoms with Crippen molar-refractivity contribution in [2.24, 2.45) is 11.7 Å². The maximum Gasteiger partial charge on any atom is 0.221 e. The van der Waals surface area contributed by atoms with Gasteiger partial charge in [0.1, 0.15) is 0 Å². The molecule has 1 aliphatic carbocycles. The van der Waals surface area contributed by atoms with Crippen molar-refractivity contribution in [1.82, 2.24) is 10.2 Å². The molecule has 2 atom stereocenters. The smallest absolute Gasteiger partial charge is 0.221 e. The summed E-state index contributed by atoms with van der Waals surface area (Å²) in [5.41, 5.74) is 5.97. The van der Waals surface area contributed by atoms with E-state index >= 15 is 0 Å². The number of nitrogens with zero attached hydrogens (tertiary/aromatic N) is 1. The summed E-state index contributed by atoms with van der Waals surface area (Å²) in [5, 5.41) is 3.08. The zero-order valence-corrected chi connectivity index (χ0v) is 11.5. The fourth-order valence-electron chi connectivity index (χ4n) is 2.81. The van der Waals surface area contributed by atoms with Gasteiger partial charge in [-0.3, -0.25) is 4.79 Å². The molecule has 1 saturated carbocycles. The Morgan fingerprint density at radius 3 is 2.61 bits per heavy atom. The summed E-state index contributed by atoms with van der Waals surface area (Å²) in [6, 6.07) is 0.314. The van der Waals surface area contributed by atoms with Crippen molar-refractivity contribution in [3.8, 4) is 0 Å². The largest absolute Gasteiger partial charge is 0.352 e. The Morgan fingerprint density at radius 2 is 2.00 bits per heavy atom. The average molecular weight is 253 g/mol. The quantitative estimate of drug-likeness (QED) is 0.745. The predicted molar refractivity (Wildman–Crippen MR) is 73.2 cm³/mol. The SMILES string of the molecule is CC(CN1CCCCC1)NC(=O)CC(N)C1CC1. The molecule has 2 fully saturated rings. The first-order valence-electron chi connectivity index (χ1n) is 7.42. The molecule has 0 aromatic rings. The average Bonchev–Trinajstić information content (AvgIpc) is 3.13. The van der Waals surface area contributed by atoms with Gasteiger partial charge in [-0.15, -0.1) is 0 Å². The molecular formula is C14H27N3O. The van der Waals surface area contributed by atoms with Crippen LogP contribution in [0.4, 0.5) is 0 Å². The van der Waals surface area contributed by atoms with Crippen LogP contribution in [0.1, 0.15) is 45.4 Å². The Labute approximate surface area is 110 Å². The molecule has 0 aromatic heterocycles. The van der Waals surface area contributed by atoms with Crippen LogP contribution in [-0.2, 0) is 4.79 Å². The number of hydrogen-bond donors (Lipinski definition) is 2. The molecule has 2 rings (SSSR count).